The Bertz CT molecular complexity index is 4500. The van der Waals surface area contributed by atoms with Crippen LogP contribution in [0.2, 0.25) is 0 Å². The number of azide groups is 1. The van der Waals surface area contributed by atoms with Crippen molar-refractivity contribution in [2.24, 2.45) is 10.5 Å². The van der Waals surface area contributed by atoms with Crippen LogP contribution in [0.15, 0.2) is 118 Å². The number of carbonyl (C=O) groups is 8. The van der Waals surface area contributed by atoms with E-state index in [9.17, 15) is 51.3 Å². The number of Topliss-reactive ketones (excluding diaryl/α,β-unsaturated/α-hetero) is 6. The number of amides is 2. The second-order valence-corrected chi connectivity index (χ2v) is 34.1. The first-order valence-electron chi connectivity index (χ1n) is 38.4. The van der Waals surface area contributed by atoms with Crippen molar-refractivity contribution in [2.45, 2.75) is 251 Å². The number of anilines is 1. The maximum absolute atomic E-state index is 13.8. The molecule has 0 fully saturated rings. The number of allylic oxidation sites excluding steroid dienone is 7. The van der Waals surface area contributed by atoms with Gasteiger partial charge < -0.3 is 53.2 Å². The fourth-order valence-electron chi connectivity index (χ4n) is 17.2. The van der Waals surface area contributed by atoms with Crippen molar-refractivity contribution in [3.05, 3.63) is 157 Å². The van der Waals surface area contributed by atoms with Gasteiger partial charge in [0.15, 0.2) is 5.71 Å². The van der Waals surface area contributed by atoms with Gasteiger partial charge in [-0.05, 0) is 248 Å². The summed E-state index contributed by atoms with van der Waals surface area (Å²) in [7, 11) is -3.20. The van der Waals surface area contributed by atoms with Crippen molar-refractivity contribution in [1.82, 2.24) is 10.2 Å². The van der Waals surface area contributed by atoms with Crippen LogP contribution in [-0.2, 0) is 74.9 Å². The van der Waals surface area contributed by atoms with E-state index in [1.54, 1.807) is 45.7 Å². The van der Waals surface area contributed by atoms with E-state index in [1.165, 1.54) is 26.0 Å². The summed E-state index contributed by atoms with van der Waals surface area (Å²) in [4.78, 5) is 110. The smallest absolute Gasteiger partial charge is 0.222 e. The van der Waals surface area contributed by atoms with Crippen LogP contribution in [0.3, 0.4) is 0 Å². The Morgan fingerprint density at radius 1 is 0.617 bits per heavy atom. The Kier molecular flexibility index (Phi) is 26.4. The Morgan fingerprint density at radius 2 is 1.17 bits per heavy atom. The molecule has 0 atom stereocenters. The monoisotopic (exact) mass is 1480 g/mol. The van der Waals surface area contributed by atoms with Gasteiger partial charge in [-0.15, -0.1) is 0 Å². The van der Waals surface area contributed by atoms with E-state index < -0.39 is 31.8 Å². The van der Waals surface area contributed by atoms with Crippen molar-refractivity contribution >= 4 is 73.7 Å². The number of hydrogen-bond acceptors (Lipinski definition) is 14. The molecule has 0 saturated carbocycles. The number of rotatable bonds is 39. The van der Waals surface area contributed by atoms with Crippen LogP contribution in [0.4, 0.5) is 11.4 Å². The molecule has 0 spiro atoms. The van der Waals surface area contributed by atoms with Crippen LogP contribution in [0, 0.1) is 12.3 Å². The highest BCUT2D eigenvalue weighted by molar-refractivity contribution is 7.85. The average molecular weight is 1480 g/mol. The van der Waals surface area contributed by atoms with E-state index in [0.29, 0.717) is 95.2 Å². The van der Waals surface area contributed by atoms with Crippen LogP contribution in [0.25, 0.3) is 32.7 Å². The van der Waals surface area contributed by atoms with E-state index in [-0.39, 0.29) is 115 Å². The molecule has 4 aromatic rings. The Balaban J connectivity index is 1.21. The Morgan fingerprint density at radius 3 is 1.75 bits per heavy atom. The molecule has 2 aliphatic heterocycles. The predicted molar refractivity (Wildman–Crippen MR) is 419 cm³/mol. The Labute approximate surface area is 633 Å². The molecule has 107 heavy (non-hydrogen) atoms. The molecule has 572 valence electrons. The number of likely N-dealkylation sites (N-methyl/N-ethyl adjacent to an activating group) is 1. The Hall–Kier alpha value is -8.71. The topological polar surface area (TPSA) is 273 Å². The fraction of sp³-hybridized carbons (Fsp3) is 0.529. The van der Waals surface area contributed by atoms with Gasteiger partial charge in [0, 0.05) is 135 Å². The molecule has 5 aliphatic rings. The first kappa shape index (κ1) is 82.3. The molecule has 0 aromatic heterocycles. The second-order valence-electron chi connectivity index (χ2n) is 32.7. The zero-order valence-corrected chi connectivity index (χ0v) is 66.5. The number of ketones is 6. The van der Waals surface area contributed by atoms with E-state index >= 15 is 0 Å². The average Bonchev–Trinajstić information content (AvgIpc) is 1.54. The summed E-state index contributed by atoms with van der Waals surface area (Å²) in [5.41, 5.74) is 22.2. The standard InChI is InChI=1S/C87H111N7O12S/c1-56-24-28-66-68-50-74-76(52-72(68)86(70(66)48-56,38-34-59(4)97)39-35-60(5)98)93(44-19-15-17-22-57(2)95)78(84(74,10)11)30-25-63-54-83(8,9)55-64(82(63)106-47-46-92(14)81(102)33-32-80(101)89-42-21-43-90-91-88)26-31-79-85(12,13)75-51-69-67-29-27-65(107(103,104)105)49-71(67)87(40-36-61(6)99,41-37-62(7)100)73(69)53-77(75)94(79)45-20-16-18-23-58(3)96/h24-31,48-53H,15-23,32-47,54-55H2,1-14H3,(H-,89,101,103,104,105). The normalized spacial score (nSPS) is 17.3. The molecule has 9 rings (SSSR count). The first-order chi connectivity index (χ1) is 50.5. The predicted octanol–water partition coefficient (Wildman–Crippen LogP) is 16.9. The van der Waals surface area contributed by atoms with Crippen LogP contribution >= 0.6 is 0 Å². The highest BCUT2D eigenvalue weighted by atomic mass is 32.2. The van der Waals surface area contributed by atoms with Gasteiger partial charge >= 0.3 is 0 Å². The lowest BCUT2D eigenvalue weighted by Gasteiger charge is -2.34. The quantitative estimate of drug-likeness (QED) is 0.0109. The second kappa shape index (κ2) is 34.2. The highest BCUT2D eigenvalue weighted by Crippen LogP contribution is 2.61. The van der Waals surface area contributed by atoms with Gasteiger partial charge in [-0.1, -0.05) is 75.1 Å². The SMILES string of the molecule is CC(=O)CCCCCN1/C(=C/C=C2\CC(C)(C)CC(/C=C/C3=[N+](CCCCCC(C)=O)c4cc5c(cc4C3(C)C)-c3ccc(C)cc3C5(CCC(C)=O)CCC(C)=O)=C2OCCN(C)C(=O)CCC(=O)NCCCN=[N+]=[N-])C(C)(C)c2cc3c(cc21)C(CCC(C)=O)(CCC(C)=O)c1cc(S(=O)(=O)[O-])ccc1-3. The van der Waals surface area contributed by atoms with Crippen molar-refractivity contribution < 1.29 is 60.6 Å². The van der Waals surface area contributed by atoms with Crippen LogP contribution in [-0.4, -0.2) is 121 Å². The molecule has 3 aliphatic carbocycles. The lowest BCUT2D eigenvalue weighted by molar-refractivity contribution is -0.438. The minimum absolute atomic E-state index is 0.0189. The number of benzene rings is 4. The number of aryl methyl sites for hydroxylation is 1. The number of carbonyl (C=O) groups excluding carboxylic acids is 8. The molecule has 1 N–H and O–H groups in total. The van der Waals surface area contributed by atoms with Gasteiger partial charge in [-0.3, -0.25) is 9.59 Å². The maximum Gasteiger partial charge on any atom is 0.222 e. The van der Waals surface area contributed by atoms with Gasteiger partial charge in [-0.2, -0.15) is 4.58 Å². The molecule has 19 nitrogen and oxygen atoms in total. The van der Waals surface area contributed by atoms with Gasteiger partial charge in [0.2, 0.25) is 17.5 Å². The number of fused-ring (bicyclic) bond motifs is 8. The maximum atomic E-state index is 13.8. The highest BCUT2D eigenvalue weighted by Gasteiger charge is 2.52. The number of unbranched alkanes of at least 4 members (excludes halogenated alkanes) is 4. The summed E-state index contributed by atoms with van der Waals surface area (Å²) in [5, 5.41) is 6.33. The fourth-order valence-corrected chi connectivity index (χ4v) is 17.7. The minimum Gasteiger partial charge on any atom is -0.744 e. The number of nitrogens with zero attached hydrogens (tertiary/aromatic N) is 6. The minimum atomic E-state index is -4.90. The molecule has 0 unspecified atom stereocenters. The molecule has 0 bridgehead atoms. The van der Waals surface area contributed by atoms with Crippen LogP contribution in [0.1, 0.15) is 257 Å². The van der Waals surface area contributed by atoms with E-state index in [4.69, 9.17) is 10.3 Å². The van der Waals surface area contributed by atoms with Crippen molar-refractivity contribution in [3.8, 4) is 22.3 Å². The lowest BCUT2D eigenvalue weighted by Crippen LogP contribution is -2.32. The molecule has 2 amide bonds. The van der Waals surface area contributed by atoms with E-state index in [2.05, 4.69) is 140 Å². The molecule has 4 aromatic carbocycles. The van der Waals surface area contributed by atoms with Crippen molar-refractivity contribution in [1.29, 1.82) is 0 Å². The van der Waals surface area contributed by atoms with Crippen LogP contribution < -0.4 is 10.2 Å². The third-order valence-electron chi connectivity index (χ3n) is 22.9. The summed E-state index contributed by atoms with van der Waals surface area (Å²) in [6, 6.07) is 20.1. The van der Waals surface area contributed by atoms with Gasteiger partial charge in [0.1, 0.15) is 63.7 Å². The lowest BCUT2D eigenvalue weighted by atomic mass is 9.70. The molecular formula is C87H111N7O12S. The van der Waals surface area contributed by atoms with Crippen molar-refractivity contribution in [2.75, 3.05) is 51.3 Å². The number of ether oxygens (including phenoxy) is 1. The largest absolute Gasteiger partial charge is 0.744 e. The molecular weight excluding hydrogens is 1370 g/mol. The van der Waals surface area contributed by atoms with E-state index in [0.717, 1.165) is 122 Å². The molecule has 0 radical (unpaired) electrons. The van der Waals surface area contributed by atoms with Gasteiger partial charge in [-0.25, -0.2) is 8.42 Å². The number of hydrogen-bond donors (Lipinski definition) is 1. The zero-order chi connectivity index (χ0) is 78.1. The van der Waals surface area contributed by atoms with Gasteiger partial charge in [0.05, 0.1) is 16.9 Å². The summed E-state index contributed by atoms with van der Waals surface area (Å²) in [6.45, 7) is 27.2. The summed E-state index contributed by atoms with van der Waals surface area (Å²) >= 11 is 0. The zero-order valence-electron chi connectivity index (χ0n) is 65.7. The molecule has 2 heterocycles. The van der Waals surface area contributed by atoms with E-state index in [1.807, 2.05) is 0 Å². The van der Waals surface area contributed by atoms with Gasteiger partial charge in [0.25, 0.3) is 0 Å². The number of nitrogens with one attached hydrogen (secondary N) is 1. The summed E-state index contributed by atoms with van der Waals surface area (Å²) in [5.74, 6) is 0.481. The summed E-state index contributed by atoms with van der Waals surface area (Å²) in [6.07, 6.45) is 18.7. The first-order valence-corrected chi connectivity index (χ1v) is 39.8. The summed E-state index contributed by atoms with van der Waals surface area (Å²) < 4.78 is 48.0. The third kappa shape index (κ3) is 18.7. The third-order valence-corrected chi connectivity index (χ3v) is 23.7. The van der Waals surface area contributed by atoms with Crippen molar-refractivity contribution in [3.63, 3.8) is 0 Å². The molecule has 0 saturated heterocycles. The molecule has 20 heteroatoms. The van der Waals surface area contributed by atoms with Crippen LogP contribution in [0.5, 0.6) is 0 Å².